The van der Waals surface area contributed by atoms with Crippen molar-refractivity contribution in [1.29, 1.82) is 0 Å². The number of hydrogen-bond acceptors (Lipinski definition) is 3. The lowest BCUT2D eigenvalue weighted by molar-refractivity contribution is 0.651. The summed E-state index contributed by atoms with van der Waals surface area (Å²) in [6.07, 6.45) is 0. The number of fused-ring (bicyclic) bond motifs is 9. The van der Waals surface area contributed by atoms with Crippen molar-refractivity contribution in [1.82, 2.24) is 19.1 Å². The van der Waals surface area contributed by atoms with Gasteiger partial charge in [0.05, 0.1) is 33.1 Å². The topological polar surface area (TPSA) is 48.8 Å². The highest BCUT2D eigenvalue weighted by molar-refractivity contribution is 6.19. The van der Waals surface area contributed by atoms with E-state index in [4.69, 9.17) is 14.4 Å². The Morgan fingerprint density at radius 3 is 1.71 bits per heavy atom. The van der Waals surface area contributed by atoms with Crippen LogP contribution >= 0.6 is 0 Å². The summed E-state index contributed by atoms with van der Waals surface area (Å²) in [5.74, 6) is 0.581. The quantitative estimate of drug-likeness (QED) is 0.210. The molecule has 0 atom stereocenters. The minimum atomic E-state index is 0.577. The summed E-state index contributed by atoms with van der Waals surface area (Å²) in [6, 6.07) is 50.8. The summed E-state index contributed by atoms with van der Waals surface area (Å²) >= 11 is 0. The van der Waals surface area contributed by atoms with Crippen molar-refractivity contribution in [3.63, 3.8) is 0 Å². The van der Waals surface area contributed by atoms with Crippen LogP contribution in [0.15, 0.2) is 150 Å². The third-order valence-electron chi connectivity index (χ3n) is 8.95. The molecule has 0 aliphatic heterocycles. The molecule has 0 saturated carbocycles. The van der Waals surface area contributed by atoms with Crippen molar-refractivity contribution in [2.45, 2.75) is 0 Å². The third-order valence-corrected chi connectivity index (χ3v) is 8.95. The number of para-hydroxylation sites is 4. The van der Waals surface area contributed by atoms with Gasteiger partial charge in [0.15, 0.2) is 0 Å². The van der Waals surface area contributed by atoms with Crippen LogP contribution in [-0.2, 0) is 0 Å². The first-order chi connectivity index (χ1) is 22.3. The standard InChI is InChI=1S/C40H24N4O/c1-3-13-25(14-4-1)38-37-29-19-9-12-22-36(29)45-39(37)42-40(41-38)44-33-21-11-8-18-28(33)31-23-34-30(24-35(31)44)27-17-7-10-20-32(27)43(34)26-15-5-2-6-16-26/h1-24H. The Morgan fingerprint density at radius 2 is 1.00 bits per heavy atom. The van der Waals surface area contributed by atoms with Gasteiger partial charge in [-0.2, -0.15) is 4.98 Å². The molecule has 210 valence electrons. The molecule has 10 rings (SSSR count). The number of benzene rings is 6. The molecule has 0 bridgehead atoms. The zero-order valence-corrected chi connectivity index (χ0v) is 24.1. The molecule has 4 heterocycles. The first-order valence-electron chi connectivity index (χ1n) is 15.1. The van der Waals surface area contributed by atoms with Gasteiger partial charge in [0.1, 0.15) is 5.58 Å². The summed E-state index contributed by atoms with van der Waals surface area (Å²) in [7, 11) is 0. The maximum Gasteiger partial charge on any atom is 0.238 e. The molecular formula is C40H24N4O. The highest BCUT2D eigenvalue weighted by Gasteiger charge is 2.22. The molecule has 0 spiro atoms. The summed E-state index contributed by atoms with van der Waals surface area (Å²) in [4.78, 5) is 10.4. The molecule has 10 aromatic rings. The fourth-order valence-electron chi connectivity index (χ4n) is 7.02. The molecule has 0 N–H and O–H groups in total. The van der Waals surface area contributed by atoms with Gasteiger partial charge in [-0.3, -0.25) is 4.57 Å². The average molecular weight is 577 g/mol. The number of hydrogen-bond donors (Lipinski definition) is 0. The van der Waals surface area contributed by atoms with Crippen LogP contribution < -0.4 is 0 Å². The van der Waals surface area contributed by atoms with E-state index in [9.17, 15) is 0 Å². The number of rotatable bonds is 3. The lowest BCUT2D eigenvalue weighted by atomic mass is 10.1. The fraction of sp³-hybridized carbons (Fsp3) is 0. The molecule has 0 fully saturated rings. The lowest BCUT2D eigenvalue weighted by Gasteiger charge is -2.10. The van der Waals surface area contributed by atoms with Crippen LogP contribution in [0.5, 0.6) is 0 Å². The zero-order valence-electron chi connectivity index (χ0n) is 24.1. The minimum absolute atomic E-state index is 0.577. The second-order valence-corrected chi connectivity index (χ2v) is 11.4. The van der Waals surface area contributed by atoms with Gasteiger partial charge in [-0.15, -0.1) is 0 Å². The Bertz CT molecular complexity index is 2750. The molecule has 0 aliphatic carbocycles. The van der Waals surface area contributed by atoms with E-state index in [1.54, 1.807) is 0 Å². The molecule has 0 saturated heterocycles. The van der Waals surface area contributed by atoms with E-state index in [1.165, 1.54) is 16.3 Å². The molecule has 5 nitrogen and oxygen atoms in total. The SMILES string of the molecule is c1ccc(-c2nc(-n3c4ccccc4c4cc5c(cc43)c3ccccc3n5-c3ccccc3)nc3oc4ccccc4c23)cc1. The van der Waals surface area contributed by atoms with Gasteiger partial charge < -0.3 is 8.98 Å². The number of aromatic nitrogens is 4. The van der Waals surface area contributed by atoms with Crippen LogP contribution in [0.3, 0.4) is 0 Å². The van der Waals surface area contributed by atoms with Gasteiger partial charge >= 0.3 is 0 Å². The maximum atomic E-state index is 6.39. The molecule has 6 aromatic carbocycles. The van der Waals surface area contributed by atoms with Gasteiger partial charge in [-0.05, 0) is 42.5 Å². The Morgan fingerprint density at radius 1 is 0.444 bits per heavy atom. The predicted molar refractivity (Wildman–Crippen MR) is 183 cm³/mol. The summed E-state index contributed by atoms with van der Waals surface area (Å²) < 4.78 is 10.9. The van der Waals surface area contributed by atoms with Gasteiger partial charge in [-0.25, -0.2) is 4.98 Å². The van der Waals surface area contributed by atoms with E-state index < -0.39 is 0 Å². The van der Waals surface area contributed by atoms with Crippen LogP contribution in [0.2, 0.25) is 0 Å². The van der Waals surface area contributed by atoms with Crippen LogP contribution in [0.4, 0.5) is 0 Å². The van der Waals surface area contributed by atoms with Crippen molar-refractivity contribution in [3.8, 4) is 22.9 Å². The molecule has 4 aromatic heterocycles. The fourth-order valence-corrected chi connectivity index (χ4v) is 7.02. The highest BCUT2D eigenvalue weighted by Crippen LogP contribution is 2.41. The van der Waals surface area contributed by atoms with E-state index in [1.807, 2.05) is 36.4 Å². The van der Waals surface area contributed by atoms with Gasteiger partial charge in [0.2, 0.25) is 11.7 Å². The van der Waals surface area contributed by atoms with E-state index in [2.05, 4.69) is 118 Å². The van der Waals surface area contributed by atoms with Gasteiger partial charge in [0, 0.05) is 38.2 Å². The van der Waals surface area contributed by atoms with Crippen LogP contribution in [0.1, 0.15) is 0 Å². The third kappa shape index (κ3) is 3.43. The van der Waals surface area contributed by atoms with Crippen molar-refractivity contribution in [3.05, 3.63) is 146 Å². The molecular weight excluding hydrogens is 552 g/mol. The summed E-state index contributed by atoms with van der Waals surface area (Å²) in [5, 5.41) is 6.61. The van der Waals surface area contributed by atoms with Crippen molar-refractivity contribution >= 4 is 65.7 Å². The van der Waals surface area contributed by atoms with E-state index in [0.29, 0.717) is 11.7 Å². The van der Waals surface area contributed by atoms with Gasteiger partial charge in [-0.1, -0.05) is 103 Å². The minimum Gasteiger partial charge on any atom is -0.437 e. The number of nitrogens with zero attached hydrogens (tertiary/aromatic N) is 4. The van der Waals surface area contributed by atoms with E-state index in [0.717, 1.165) is 60.6 Å². The first kappa shape index (κ1) is 24.3. The first-order valence-corrected chi connectivity index (χ1v) is 15.1. The maximum absolute atomic E-state index is 6.39. The smallest absolute Gasteiger partial charge is 0.238 e. The van der Waals surface area contributed by atoms with Crippen LogP contribution in [-0.4, -0.2) is 19.1 Å². The summed E-state index contributed by atoms with van der Waals surface area (Å²) in [5.41, 5.74) is 8.82. The molecule has 45 heavy (non-hydrogen) atoms. The molecule has 0 aliphatic rings. The second-order valence-electron chi connectivity index (χ2n) is 11.4. The second kappa shape index (κ2) is 9.15. The molecule has 0 radical (unpaired) electrons. The highest BCUT2D eigenvalue weighted by atomic mass is 16.3. The number of furan rings is 1. The van der Waals surface area contributed by atoms with Gasteiger partial charge in [0.25, 0.3) is 0 Å². The van der Waals surface area contributed by atoms with Crippen LogP contribution in [0, 0.1) is 0 Å². The Labute approximate surface area is 257 Å². The summed E-state index contributed by atoms with van der Waals surface area (Å²) in [6.45, 7) is 0. The van der Waals surface area contributed by atoms with Crippen LogP contribution in [0.25, 0.3) is 88.6 Å². The van der Waals surface area contributed by atoms with Crippen molar-refractivity contribution in [2.24, 2.45) is 0 Å². The zero-order chi connectivity index (χ0) is 29.5. The van der Waals surface area contributed by atoms with E-state index >= 15 is 0 Å². The Kier molecular flexibility index (Phi) is 4.93. The normalized spacial score (nSPS) is 12.0. The monoisotopic (exact) mass is 576 g/mol. The Balaban J connectivity index is 1.35. The molecule has 0 amide bonds. The van der Waals surface area contributed by atoms with E-state index in [-0.39, 0.29) is 0 Å². The van der Waals surface area contributed by atoms with Crippen molar-refractivity contribution in [2.75, 3.05) is 0 Å². The molecule has 5 heteroatoms. The average Bonchev–Trinajstić information content (AvgIpc) is 3.75. The predicted octanol–water partition coefficient (Wildman–Crippen LogP) is 10.2. The lowest BCUT2D eigenvalue weighted by Crippen LogP contribution is -2.02. The Hall–Kier alpha value is -6.20. The van der Waals surface area contributed by atoms with Crippen molar-refractivity contribution < 1.29 is 4.42 Å². The largest absolute Gasteiger partial charge is 0.437 e. The molecule has 0 unspecified atom stereocenters.